The second-order valence-electron chi connectivity index (χ2n) is 5.52. The van der Waals surface area contributed by atoms with E-state index >= 15 is 0 Å². The van der Waals surface area contributed by atoms with Crippen molar-refractivity contribution in [3.8, 4) is 0 Å². The number of carboxylic acid groups (broad SMARTS) is 1. The minimum Gasteiger partial charge on any atom is -0.481 e. The fraction of sp³-hybridized carbons (Fsp3) is 0.647. The van der Waals surface area contributed by atoms with Gasteiger partial charge in [0.05, 0.1) is 0 Å². The molecule has 1 N–H and O–H groups in total. The molecule has 0 aromatic carbocycles. The first kappa shape index (κ1) is 16.7. The van der Waals surface area contributed by atoms with Crippen LogP contribution in [0.1, 0.15) is 58.3 Å². The zero-order chi connectivity index (χ0) is 14.6. The molecule has 1 heterocycles. The number of carbonyl (C=O) groups is 1. The predicted octanol–water partition coefficient (Wildman–Crippen LogP) is 3.82. The number of hydrogen-bond acceptors (Lipinski definition) is 1. The van der Waals surface area contributed by atoms with Gasteiger partial charge in [0, 0.05) is 12.1 Å². The summed E-state index contributed by atoms with van der Waals surface area (Å²) in [7, 11) is 0. The maximum atomic E-state index is 11.3. The van der Waals surface area contributed by atoms with E-state index in [1.54, 1.807) is 0 Å². The quantitative estimate of drug-likeness (QED) is 0.494. The Kier molecular flexibility index (Phi) is 8.68. The highest BCUT2D eigenvalue weighted by atomic mass is 16.4. The van der Waals surface area contributed by atoms with Crippen LogP contribution in [0, 0.1) is 5.92 Å². The highest BCUT2D eigenvalue weighted by molar-refractivity contribution is 5.69. The third-order valence-electron chi connectivity index (χ3n) is 3.71. The number of carboxylic acids is 1. The molecule has 1 unspecified atom stereocenters. The summed E-state index contributed by atoms with van der Waals surface area (Å²) in [6.07, 6.45) is 13.3. The summed E-state index contributed by atoms with van der Waals surface area (Å²) in [5.41, 5.74) is 0. The van der Waals surface area contributed by atoms with Crippen LogP contribution in [0.2, 0.25) is 0 Å². The van der Waals surface area contributed by atoms with Crippen molar-refractivity contribution in [3.05, 3.63) is 30.6 Å². The second kappa shape index (κ2) is 10.4. The number of hydrogen-bond donors (Lipinski definition) is 1. The molecule has 1 rings (SSSR count). The Morgan fingerprint density at radius 1 is 1.00 bits per heavy atom. The van der Waals surface area contributed by atoms with E-state index in [0.717, 1.165) is 19.3 Å². The maximum absolute atomic E-state index is 11.3. The first-order valence-corrected chi connectivity index (χ1v) is 7.91. The van der Waals surface area contributed by atoms with Crippen molar-refractivity contribution in [1.82, 2.24) is 0 Å². The van der Waals surface area contributed by atoms with E-state index < -0.39 is 5.97 Å². The van der Waals surface area contributed by atoms with Crippen LogP contribution in [-0.2, 0) is 11.3 Å². The normalized spacial score (nSPS) is 12.2. The third kappa shape index (κ3) is 7.27. The lowest BCUT2D eigenvalue weighted by molar-refractivity contribution is -0.701. The molecule has 112 valence electrons. The van der Waals surface area contributed by atoms with Gasteiger partial charge in [-0.05, 0) is 6.42 Å². The summed E-state index contributed by atoms with van der Waals surface area (Å²) < 4.78 is 1.96. The summed E-state index contributed by atoms with van der Waals surface area (Å²) in [5.74, 6) is -0.939. The highest BCUT2D eigenvalue weighted by Crippen LogP contribution is 2.13. The Bertz CT molecular complexity index is 365. The Labute approximate surface area is 122 Å². The Morgan fingerprint density at radius 3 is 2.20 bits per heavy atom. The zero-order valence-electron chi connectivity index (χ0n) is 12.6. The summed E-state index contributed by atoms with van der Waals surface area (Å²) in [6, 6.07) is 5.82. The molecule has 3 heteroatoms. The van der Waals surface area contributed by atoms with Crippen molar-refractivity contribution in [2.75, 3.05) is 0 Å². The van der Waals surface area contributed by atoms with Gasteiger partial charge < -0.3 is 5.11 Å². The second-order valence-corrected chi connectivity index (χ2v) is 5.52. The average Bonchev–Trinajstić information content (AvgIpc) is 2.46. The lowest BCUT2D eigenvalue weighted by Gasteiger charge is -2.09. The molecule has 1 aromatic rings. The summed E-state index contributed by atoms with van der Waals surface area (Å²) in [5, 5.41) is 9.29. The van der Waals surface area contributed by atoms with Gasteiger partial charge in [-0.3, -0.25) is 4.79 Å². The predicted molar refractivity (Wildman–Crippen MR) is 80.4 cm³/mol. The van der Waals surface area contributed by atoms with Gasteiger partial charge in [-0.2, -0.15) is 0 Å². The van der Waals surface area contributed by atoms with Gasteiger partial charge in [0.25, 0.3) is 0 Å². The molecule has 1 atom stereocenters. The number of aliphatic carboxylic acids is 1. The van der Waals surface area contributed by atoms with Crippen molar-refractivity contribution in [2.45, 2.75) is 64.8 Å². The Balaban J connectivity index is 2.21. The molecule has 0 aliphatic rings. The van der Waals surface area contributed by atoms with Gasteiger partial charge in [0.1, 0.15) is 5.92 Å². The van der Waals surface area contributed by atoms with Crippen molar-refractivity contribution >= 4 is 5.97 Å². The van der Waals surface area contributed by atoms with E-state index in [-0.39, 0.29) is 5.92 Å². The topological polar surface area (TPSA) is 41.2 Å². The zero-order valence-corrected chi connectivity index (χ0v) is 12.6. The van der Waals surface area contributed by atoms with E-state index in [1.165, 1.54) is 32.1 Å². The fourth-order valence-electron chi connectivity index (χ4n) is 2.45. The fourth-order valence-corrected chi connectivity index (χ4v) is 2.45. The molecule has 0 bridgehead atoms. The van der Waals surface area contributed by atoms with E-state index in [0.29, 0.717) is 6.54 Å². The van der Waals surface area contributed by atoms with Gasteiger partial charge in [-0.1, -0.05) is 57.9 Å². The standard InChI is InChI=1S/C17H27NO2/c1-2-3-4-5-6-7-9-12-16(17(19)20)15-18-13-10-8-11-14-18/h8,10-11,13-14,16H,2-7,9,12,15H2,1H3/p+1. The minimum atomic E-state index is -0.674. The Hall–Kier alpha value is -1.38. The van der Waals surface area contributed by atoms with Crippen LogP contribution >= 0.6 is 0 Å². The first-order chi connectivity index (χ1) is 9.74. The molecule has 0 fully saturated rings. The molecule has 0 radical (unpaired) electrons. The molecule has 0 saturated heterocycles. The van der Waals surface area contributed by atoms with Gasteiger partial charge in [0.2, 0.25) is 0 Å². The number of unbranched alkanes of at least 4 members (excludes halogenated alkanes) is 6. The molecule has 0 amide bonds. The van der Waals surface area contributed by atoms with Crippen LogP contribution < -0.4 is 4.57 Å². The molecule has 0 saturated carbocycles. The smallest absolute Gasteiger partial charge is 0.312 e. The van der Waals surface area contributed by atoms with E-state index in [2.05, 4.69) is 6.92 Å². The van der Waals surface area contributed by atoms with E-state index in [4.69, 9.17) is 0 Å². The van der Waals surface area contributed by atoms with Crippen LogP contribution in [0.5, 0.6) is 0 Å². The molecule has 20 heavy (non-hydrogen) atoms. The SMILES string of the molecule is CCCCCCCCCC(C[n+]1ccccc1)C(=O)O. The average molecular weight is 278 g/mol. The molecule has 1 aromatic heterocycles. The molecule has 0 aliphatic carbocycles. The molecular formula is C17H28NO2+. The van der Waals surface area contributed by atoms with Crippen molar-refractivity contribution in [1.29, 1.82) is 0 Å². The van der Waals surface area contributed by atoms with Crippen molar-refractivity contribution < 1.29 is 14.5 Å². The largest absolute Gasteiger partial charge is 0.481 e. The maximum Gasteiger partial charge on any atom is 0.312 e. The number of nitrogens with zero attached hydrogens (tertiary/aromatic N) is 1. The molecular weight excluding hydrogens is 250 g/mol. The summed E-state index contributed by atoms with van der Waals surface area (Å²) in [6.45, 7) is 2.80. The van der Waals surface area contributed by atoms with Crippen molar-refractivity contribution in [2.24, 2.45) is 5.92 Å². The number of aromatic nitrogens is 1. The summed E-state index contributed by atoms with van der Waals surface area (Å²) >= 11 is 0. The van der Waals surface area contributed by atoms with Crippen LogP contribution in [0.4, 0.5) is 0 Å². The van der Waals surface area contributed by atoms with Gasteiger partial charge in [0.15, 0.2) is 18.9 Å². The van der Waals surface area contributed by atoms with Crippen molar-refractivity contribution in [3.63, 3.8) is 0 Å². The van der Waals surface area contributed by atoms with Gasteiger partial charge >= 0.3 is 5.97 Å². The Morgan fingerprint density at radius 2 is 1.60 bits per heavy atom. The van der Waals surface area contributed by atoms with Crippen LogP contribution in [-0.4, -0.2) is 11.1 Å². The van der Waals surface area contributed by atoms with Crippen LogP contribution in [0.15, 0.2) is 30.6 Å². The number of rotatable bonds is 11. The van der Waals surface area contributed by atoms with Gasteiger partial charge in [-0.25, -0.2) is 4.57 Å². The molecule has 0 aliphatic heterocycles. The monoisotopic (exact) mass is 278 g/mol. The lowest BCUT2D eigenvalue weighted by atomic mass is 10.00. The van der Waals surface area contributed by atoms with Crippen LogP contribution in [0.25, 0.3) is 0 Å². The highest BCUT2D eigenvalue weighted by Gasteiger charge is 2.21. The lowest BCUT2D eigenvalue weighted by Crippen LogP contribution is -2.39. The van der Waals surface area contributed by atoms with Crippen LogP contribution in [0.3, 0.4) is 0 Å². The van der Waals surface area contributed by atoms with E-state index in [9.17, 15) is 9.90 Å². The van der Waals surface area contributed by atoms with E-state index in [1.807, 2.05) is 35.2 Å². The molecule has 3 nitrogen and oxygen atoms in total. The molecule has 0 spiro atoms. The third-order valence-corrected chi connectivity index (χ3v) is 3.71. The van der Waals surface area contributed by atoms with Gasteiger partial charge in [-0.15, -0.1) is 0 Å². The minimum absolute atomic E-state index is 0.266. The summed E-state index contributed by atoms with van der Waals surface area (Å²) in [4.78, 5) is 11.3. The number of pyridine rings is 1. The first-order valence-electron chi connectivity index (χ1n) is 7.91.